The number of carbonyl (C=O) groups excluding carboxylic acids is 2. The summed E-state index contributed by atoms with van der Waals surface area (Å²) in [5, 5.41) is 4.02. The van der Waals surface area contributed by atoms with E-state index in [4.69, 9.17) is 4.74 Å². The third-order valence-electron chi connectivity index (χ3n) is 4.53. The molecular weight excluding hydrogens is 342 g/mol. The second-order valence-corrected chi connectivity index (χ2v) is 6.32. The van der Waals surface area contributed by atoms with Crippen LogP contribution in [-0.4, -0.2) is 33.1 Å². The van der Waals surface area contributed by atoms with Gasteiger partial charge in [0.15, 0.2) is 12.4 Å². The van der Waals surface area contributed by atoms with Crippen molar-refractivity contribution in [3.8, 4) is 5.69 Å². The Balaban J connectivity index is 1.57. The van der Waals surface area contributed by atoms with Gasteiger partial charge in [-0.25, -0.2) is 14.5 Å². The summed E-state index contributed by atoms with van der Waals surface area (Å²) in [6.45, 7) is 3.99. The molecule has 0 spiro atoms. The van der Waals surface area contributed by atoms with Crippen molar-refractivity contribution in [1.29, 1.82) is 0 Å². The molecular formula is C21H21N3O3. The van der Waals surface area contributed by atoms with Crippen LogP contribution in [0.2, 0.25) is 0 Å². The number of nitrogens with zero attached hydrogens (tertiary/aromatic N) is 3. The number of aromatic nitrogens is 3. The summed E-state index contributed by atoms with van der Waals surface area (Å²) < 4.78 is 6.74. The van der Waals surface area contributed by atoms with Crippen LogP contribution in [0.4, 0.5) is 0 Å². The molecule has 2 aromatic carbocycles. The highest BCUT2D eigenvalue weighted by molar-refractivity contribution is 5.99. The van der Waals surface area contributed by atoms with E-state index in [0.29, 0.717) is 17.0 Å². The van der Waals surface area contributed by atoms with Gasteiger partial charge in [-0.15, -0.1) is 0 Å². The van der Waals surface area contributed by atoms with Gasteiger partial charge in [0.25, 0.3) is 0 Å². The first-order valence-corrected chi connectivity index (χ1v) is 8.84. The van der Waals surface area contributed by atoms with Crippen LogP contribution in [-0.2, 0) is 4.74 Å². The van der Waals surface area contributed by atoms with Crippen molar-refractivity contribution < 1.29 is 14.3 Å². The van der Waals surface area contributed by atoms with Crippen LogP contribution in [0.3, 0.4) is 0 Å². The van der Waals surface area contributed by atoms with Crippen molar-refractivity contribution in [3.05, 3.63) is 77.9 Å². The molecule has 0 saturated carbocycles. The average Bonchev–Trinajstić information content (AvgIpc) is 3.26. The highest BCUT2D eigenvalue weighted by Crippen LogP contribution is 2.19. The fourth-order valence-electron chi connectivity index (χ4n) is 2.62. The van der Waals surface area contributed by atoms with Crippen molar-refractivity contribution in [2.75, 3.05) is 6.61 Å². The van der Waals surface area contributed by atoms with Crippen molar-refractivity contribution in [3.63, 3.8) is 0 Å². The average molecular weight is 363 g/mol. The molecule has 0 aliphatic carbocycles. The number of esters is 1. The fourth-order valence-corrected chi connectivity index (χ4v) is 2.62. The van der Waals surface area contributed by atoms with E-state index in [9.17, 15) is 9.59 Å². The summed E-state index contributed by atoms with van der Waals surface area (Å²) in [7, 11) is 0. The lowest BCUT2D eigenvalue weighted by molar-refractivity contribution is 0.0475. The van der Waals surface area contributed by atoms with E-state index in [1.54, 1.807) is 47.4 Å². The monoisotopic (exact) mass is 363 g/mol. The number of ether oxygens (including phenoxy) is 1. The van der Waals surface area contributed by atoms with Gasteiger partial charge in [-0.05, 0) is 42.2 Å². The zero-order valence-corrected chi connectivity index (χ0v) is 15.3. The summed E-state index contributed by atoms with van der Waals surface area (Å²) in [5.41, 5.74) is 2.88. The smallest absolute Gasteiger partial charge is 0.338 e. The zero-order chi connectivity index (χ0) is 19.2. The van der Waals surface area contributed by atoms with Crippen molar-refractivity contribution >= 4 is 11.8 Å². The summed E-state index contributed by atoms with van der Waals surface area (Å²) >= 11 is 0. The predicted molar refractivity (Wildman–Crippen MR) is 101 cm³/mol. The van der Waals surface area contributed by atoms with E-state index in [-0.39, 0.29) is 12.4 Å². The Morgan fingerprint density at radius 3 is 2.30 bits per heavy atom. The molecule has 0 aliphatic rings. The summed E-state index contributed by atoms with van der Waals surface area (Å²) in [6, 6.07) is 14.2. The highest BCUT2D eigenvalue weighted by Gasteiger charge is 2.13. The number of Topliss-reactive ketones (excluding diaryl/α,β-unsaturated/α-hetero) is 1. The first-order valence-electron chi connectivity index (χ1n) is 8.84. The molecule has 1 atom stereocenters. The molecule has 0 radical (unpaired) electrons. The normalized spacial score (nSPS) is 11.8. The van der Waals surface area contributed by atoms with Crippen LogP contribution in [0.25, 0.3) is 5.69 Å². The van der Waals surface area contributed by atoms with Crippen LogP contribution in [0.1, 0.15) is 52.5 Å². The molecule has 3 rings (SSSR count). The van der Waals surface area contributed by atoms with Gasteiger partial charge in [-0.3, -0.25) is 4.79 Å². The second-order valence-electron chi connectivity index (χ2n) is 6.32. The number of hydrogen-bond donors (Lipinski definition) is 0. The standard InChI is InChI=1S/C21H21N3O3/c1-3-15(2)16-4-6-17(7-5-16)20(25)12-27-21(26)18-8-10-19(11-9-18)24-14-22-13-23-24/h4-11,13-15H,3,12H2,1-2H3/t15-/m0/s1. The molecule has 0 saturated heterocycles. The minimum atomic E-state index is -0.537. The van der Waals surface area contributed by atoms with Crippen LogP contribution in [0, 0.1) is 0 Å². The van der Waals surface area contributed by atoms with Crippen molar-refractivity contribution in [1.82, 2.24) is 14.8 Å². The van der Waals surface area contributed by atoms with E-state index in [1.807, 2.05) is 12.1 Å². The molecule has 0 aliphatic heterocycles. The minimum absolute atomic E-state index is 0.224. The molecule has 6 nitrogen and oxygen atoms in total. The molecule has 0 N–H and O–H groups in total. The highest BCUT2D eigenvalue weighted by atomic mass is 16.5. The Kier molecular flexibility index (Phi) is 5.76. The van der Waals surface area contributed by atoms with Gasteiger partial charge in [0.2, 0.25) is 0 Å². The first-order chi connectivity index (χ1) is 13.1. The third-order valence-corrected chi connectivity index (χ3v) is 4.53. The molecule has 6 heteroatoms. The number of benzene rings is 2. The molecule has 1 aromatic heterocycles. The number of rotatable bonds is 7. The van der Waals surface area contributed by atoms with Gasteiger partial charge in [0.05, 0.1) is 11.3 Å². The van der Waals surface area contributed by atoms with Crippen molar-refractivity contribution in [2.45, 2.75) is 26.2 Å². The molecule has 138 valence electrons. The first kappa shape index (κ1) is 18.5. The minimum Gasteiger partial charge on any atom is -0.454 e. The quantitative estimate of drug-likeness (QED) is 0.471. The molecule has 0 amide bonds. The van der Waals surface area contributed by atoms with E-state index >= 15 is 0 Å². The van der Waals surface area contributed by atoms with E-state index < -0.39 is 5.97 Å². The molecule has 0 fully saturated rings. The van der Waals surface area contributed by atoms with E-state index in [2.05, 4.69) is 23.9 Å². The second kappa shape index (κ2) is 8.40. The molecule has 0 bridgehead atoms. The SMILES string of the molecule is CC[C@H](C)c1ccc(C(=O)COC(=O)c2ccc(-n3cncn3)cc2)cc1. The largest absolute Gasteiger partial charge is 0.454 e. The summed E-state index contributed by atoms with van der Waals surface area (Å²) in [4.78, 5) is 28.3. The lowest BCUT2D eigenvalue weighted by Gasteiger charge is -2.09. The lowest BCUT2D eigenvalue weighted by Crippen LogP contribution is -2.14. The van der Waals surface area contributed by atoms with Crippen LogP contribution in [0.15, 0.2) is 61.2 Å². The maximum Gasteiger partial charge on any atom is 0.338 e. The van der Waals surface area contributed by atoms with Gasteiger partial charge < -0.3 is 4.74 Å². The molecule has 27 heavy (non-hydrogen) atoms. The Labute approximate surface area is 157 Å². The van der Waals surface area contributed by atoms with Crippen LogP contribution < -0.4 is 0 Å². The molecule has 0 unspecified atom stereocenters. The van der Waals surface area contributed by atoms with Gasteiger partial charge in [0, 0.05) is 5.56 Å². The van der Waals surface area contributed by atoms with Crippen LogP contribution in [0.5, 0.6) is 0 Å². The maximum absolute atomic E-state index is 12.2. The Bertz CT molecular complexity index is 901. The van der Waals surface area contributed by atoms with E-state index in [0.717, 1.165) is 12.1 Å². The van der Waals surface area contributed by atoms with Crippen molar-refractivity contribution in [2.24, 2.45) is 0 Å². The Hall–Kier alpha value is -3.28. The number of carbonyl (C=O) groups is 2. The Morgan fingerprint density at radius 2 is 1.70 bits per heavy atom. The van der Waals surface area contributed by atoms with E-state index in [1.165, 1.54) is 11.9 Å². The zero-order valence-electron chi connectivity index (χ0n) is 15.3. The van der Waals surface area contributed by atoms with Gasteiger partial charge >= 0.3 is 5.97 Å². The molecule has 3 aromatic rings. The van der Waals surface area contributed by atoms with Gasteiger partial charge in [-0.2, -0.15) is 5.10 Å². The Morgan fingerprint density at radius 1 is 1.04 bits per heavy atom. The summed E-state index contributed by atoms with van der Waals surface area (Å²) in [5.74, 6) is -0.310. The predicted octanol–water partition coefficient (Wildman–Crippen LogP) is 3.82. The van der Waals surface area contributed by atoms with Gasteiger partial charge in [0.1, 0.15) is 12.7 Å². The third kappa shape index (κ3) is 4.47. The van der Waals surface area contributed by atoms with Gasteiger partial charge in [-0.1, -0.05) is 38.1 Å². The van der Waals surface area contributed by atoms with Crippen LogP contribution >= 0.6 is 0 Å². The lowest BCUT2D eigenvalue weighted by atomic mass is 9.97. The topological polar surface area (TPSA) is 74.1 Å². The number of hydrogen-bond acceptors (Lipinski definition) is 5. The fraction of sp³-hybridized carbons (Fsp3) is 0.238. The maximum atomic E-state index is 12.2. The molecule has 1 heterocycles. The summed E-state index contributed by atoms with van der Waals surface area (Å²) in [6.07, 6.45) is 4.04. The number of ketones is 1.